The molecule has 0 aliphatic rings. The van der Waals surface area contributed by atoms with Crippen LogP contribution in [0.15, 0.2) is 41.4 Å². The molecular formula is C16H14N2O3S. The summed E-state index contributed by atoms with van der Waals surface area (Å²) in [4.78, 5) is 15.1. The molecule has 0 amide bonds. The predicted octanol–water partition coefficient (Wildman–Crippen LogP) is 3.20. The topological polar surface area (TPSA) is 83.2 Å². The zero-order chi connectivity index (χ0) is 15.9. The number of methoxy groups -OCH3 is 1. The molecule has 112 valence electrons. The highest BCUT2D eigenvalue weighted by atomic mass is 32.2. The number of rotatable bonds is 6. The van der Waals surface area contributed by atoms with Crippen LogP contribution in [-0.4, -0.2) is 28.9 Å². The molecule has 0 fully saturated rings. The Morgan fingerprint density at radius 3 is 2.91 bits per heavy atom. The second kappa shape index (κ2) is 7.48. The zero-order valence-electron chi connectivity index (χ0n) is 11.9. The van der Waals surface area contributed by atoms with Crippen molar-refractivity contribution in [1.82, 2.24) is 4.98 Å². The van der Waals surface area contributed by atoms with Gasteiger partial charge in [0.2, 0.25) is 0 Å². The van der Waals surface area contributed by atoms with Crippen molar-refractivity contribution in [3.63, 3.8) is 0 Å². The Labute approximate surface area is 132 Å². The Morgan fingerprint density at radius 2 is 2.23 bits per heavy atom. The van der Waals surface area contributed by atoms with Crippen molar-refractivity contribution in [2.45, 2.75) is 11.4 Å². The number of pyridine rings is 1. The number of benzene rings is 1. The smallest absolute Gasteiger partial charge is 0.304 e. The summed E-state index contributed by atoms with van der Waals surface area (Å²) in [5, 5.41) is 18.4. The SMILES string of the molecule is COc1cccc(-c2ccc(C#N)c(SCCC(=O)O)n2)c1. The van der Waals surface area contributed by atoms with E-state index in [1.807, 2.05) is 24.3 Å². The van der Waals surface area contributed by atoms with Gasteiger partial charge in [-0.05, 0) is 24.3 Å². The summed E-state index contributed by atoms with van der Waals surface area (Å²) in [7, 11) is 1.60. The first-order valence-electron chi connectivity index (χ1n) is 6.54. The van der Waals surface area contributed by atoms with Crippen LogP contribution in [-0.2, 0) is 4.79 Å². The van der Waals surface area contributed by atoms with Crippen LogP contribution in [0.2, 0.25) is 0 Å². The number of aliphatic carboxylic acids is 1. The molecule has 2 aromatic rings. The van der Waals surface area contributed by atoms with Gasteiger partial charge in [-0.3, -0.25) is 4.79 Å². The third kappa shape index (κ3) is 3.99. The van der Waals surface area contributed by atoms with Gasteiger partial charge >= 0.3 is 5.97 Å². The fraction of sp³-hybridized carbons (Fsp3) is 0.188. The molecule has 22 heavy (non-hydrogen) atoms. The van der Waals surface area contributed by atoms with Crippen molar-refractivity contribution in [2.75, 3.05) is 12.9 Å². The van der Waals surface area contributed by atoms with Crippen LogP contribution >= 0.6 is 11.8 Å². The lowest BCUT2D eigenvalue weighted by Gasteiger charge is -2.07. The maximum atomic E-state index is 10.6. The average Bonchev–Trinajstić information content (AvgIpc) is 2.54. The van der Waals surface area contributed by atoms with Gasteiger partial charge in [-0.2, -0.15) is 5.26 Å². The lowest BCUT2D eigenvalue weighted by Crippen LogP contribution is -1.97. The molecule has 2 rings (SSSR count). The van der Waals surface area contributed by atoms with Crippen LogP contribution in [0.1, 0.15) is 12.0 Å². The van der Waals surface area contributed by atoms with E-state index < -0.39 is 5.97 Å². The number of ether oxygens (including phenoxy) is 1. The fourth-order valence-electron chi connectivity index (χ4n) is 1.81. The molecule has 1 heterocycles. The van der Waals surface area contributed by atoms with Gasteiger partial charge in [-0.15, -0.1) is 11.8 Å². The minimum absolute atomic E-state index is 0.0284. The molecule has 1 N–H and O–H groups in total. The molecule has 0 unspecified atom stereocenters. The van der Waals surface area contributed by atoms with Gasteiger partial charge in [0.15, 0.2) is 0 Å². The molecular weight excluding hydrogens is 300 g/mol. The van der Waals surface area contributed by atoms with Crippen LogP contribution in [0.5, 0.6) is 5.75 Å². The Kier molecular flexibility index (Phi) is 5.39. The van der Waals surface area contributed by atoms with Gasteiger partial charge in [0.1, 0.15) is 16.8 Å². The first kappa shape index (κ1) is 15.9. The van der Waals surface area contributed by atoms with Crippen LogP contribution in [0.25, 0.3) is 11.3 Å². The Morgan fingerprint density at radius 1 is 1.41 bits per heavy atom. The lowest BCUT2D eigenvalue weighted by molar-refractivity contribution is -0.136. The second-order valence-corrected chi connectivity index (χ2v) is 5.47. The molecule has 0 saturated carbocycles. The Bertz CT molecular complexity index is 726. The van der Waals surface area contributed by atoms with E-state index in [1.54, 1.807) is 19.2 Å². The van der Waals surface area contributed by atoms with Gasteiger partial charge in [0.05, 0.1) is 24.8 Å². The molecule has 0 aliphatic carbocycles. The van der Waals surface area contributed by atoms with E-state index >= 15 is 0 Å². The highest BCUT2D eigenvalue weighted by molar-refractivity contribution is 7.99. The standard InChI is InChI=1S/C16H14N2O3S/c1-21-13-4-2-3-11(9-13)14-6-5-12(10-17)16(18-14)22-8-7-15(19)20/h2-6,9H,7-8H2,1H3,(H,19,20). The number of carboxylic acids is 1. The molecule has 0 atom stereocenters. The molecule has 5 nitrogen and oxygen atoms in total. The van der Waals surface area contributed by atoms with Gasteiger partial charge in [0.25, 0.3) is 0 Å². The summed E-state index contributed by atoms with van der Waals surface area (Å²) in [6, 6.07) is 13.0. The first-order valence-corrected chi connectivity index (χ1v) is 7.52. The van der Waals surface area contributed by atoms with Gasteiger partial charge < -0.3 is 9.84 Å². The van der Waals surface area contributed by atoms with Crippen molar-refractivity contribution >= 4 is 17.7 Å². The summed E-state index contributed by atoms with van der Waals surface area (Å²) in [5.74, 6) is 0.233. The first-order chi connectivity index (χ1) is 10.6. The van der Waals surface area contributed by atoms with E-state index in [0.29, 0.717) is 16.3 Å². The lowest BCUT2D eigenvalue weighted by atomic mass is 10.1. The zero-order valence-corrected chi connectivity index (χ0v) is 12.8. The van der Waals surface area contributed by atoms with E-state index in [2.05, 4.69) is 11.1 Å². The number of thioether (sulfide) groups is 1. The van der Waals surface area contributed by atoms with E-state index in [4.69, 9.17) is 15.1 Å². The summed E-state index contributed by atoms with van der Waals surface area (Å²) < 4.78 is 5.19. The number of hydrogen-bond acceptors (Lipinski definition) is 5. The van der Waals surface area contributed by atoms with Crippen LogP contribution in [0, 0.1) is 11.3 Å². The maximum Gasteiger partial charge on any atom is 0.304 e. The third-order valence-electron chi connectivity index (χ3n) is 2.90. The summed E-state index contributed by atoms with van der Waals surface area (Å²) in [6.07, 6.45) is 0.0284. The number of carboxylic acid groups (broad SMARTS) is 1. The predicted molar refractivity (Wildman–Crippen MR) is 83.9 cm³/mol. The summed E-state index contributed by atoms with van der Waals surface area (Å²) in [6.45, 7) is 0. The number of carbonyl (C=O) groups is 1. The third-order valence-corrected chi connectivity index (χ3v) is 3.89. The molecule has 0 aliphatic heterocycles. The maximum absolute atomic E-state index is 10.6. The molecule has 1 aromatic heterocycles. The fourth-order valence-corrected chi connectivity index (χ4v) is 2.72. The van der Waals surface area contributed by atoms with Gasteiger partial charge in [-0.25, -0.2) is 4.98 Å². The van der Waals surface area contributed by atoms with Crippen molar-refractivity contribution in [2.24, 2.45) is 0 Å². The Hall–Kier alpha value is -2.52. The normalized spacial score (nSPS) is 10.0. The highest BCUT2D eigenvalue weighted by Crippen LogP contribution is 2.27. The number of nitrogens with zero attached hydrogens (tertiary/aromatic N) is 2. The minimum atomic E-state index is -0.866. The van der Waals surface area contributed by atoms with Gasteiger partial charge in [-0.1, -0.05) is 12.1 Å². The van der Waals surface area contributed by atoms with Crippen LogP contribution in [0.3, 0.4) is 0 Å². The van der Waals surface area contributed by atoms with Crippen molar-refractivity contribution in [3.05, 3.63) is 42.0 Å². The number of hydrogen-bond donors (Lipinski definition) is 1. The second-order valence-electron chi connectivity index (χ2n) is 4.39. The molecule has 0 spiro atoms. The van der Waals surface area contributed by atoms with Crippen molar-refractivity contribution in [1.29, 1.82) is 5.26 Å². The Balaban J connectivity index is 2.29. The quantitative estimate of drug-likeness (QED) is 0.824. The van der Waals surface area contributed by atoms with Crippen molar-refractivity contribution in [3.8, 4) is 23.1 Å². The van der Waals surface area contributed by atoms with Crippen LogP contribution in [0.4, 0.5) is 0 Å². The average molecular weight is 314 g/mol. The van der Waals surface area contributed by atoms with Gasteiger partial charge in [0, 0.05) is 11.3 Å². The molecule has 0 radical (unpaired) electrons. The summed E-state index contributed by atoms with van der Waals surface area (Å²) in [5.41, 5.74) is 2.04. The minimum Gasteiger partial charge on any atom is -0.497 e. The largest absolute Gasteiger partial charge is 0.497 e. The highest BCUT2D eigenvalue weighted by Gasteiger charge is 2.09. The van der Waals surface area contributed by atoms with E-state index in [1.165, 1.54) is 11.8 Å². The number of nitriles is 1. The molecule has 0 bridgehead atoms. The monoisotopic (exact) mass is 314 g/mol. The molecule has 1 aromatic carbocycles. The van der Waals surface area contributed by atoms with Crippen molar-refractivity contribution < 1.29 is 14.6 Å². The van der Waals surface area contributed by atoms with Crippen LogP contribution < -0.4 is 4.74 Å². The van der Waals surface area contributed by atoms with E-state index in [9.17, 15) is 4.79 Å². The molecule has 6 heteroatoms. The summed E-state index contributed by atoms with van der Waals surface area (Å²) >= 11 is 1.27. The number of aromatic nitrogens is 1. The van der Waals surface area contributed by atoms with E-state index in [-0.39, 0.29) is 6.42 Å². The molecule has 0 saturated heterocycles. The van der Waals surface area contributed by atoms with E-state index in [0.717, 1.165) is 17.0 Å².